The van der Waals surface area contributed by atoms with Crippen molar-refractivity contribution in [1.82, 2.24) is 15.0 Å². The van der Waals surface area contributed by atoms with Crippen molar-refractivity contribution in [2.45, 2.75) is 6.04 Å². The molecule has 82 valence electrons. The molecule has 0 bridgehead atoms. The first kappa shape index (κ1) is 10.5. The summed E-state index contributed by atoms with van der Waals surface area (Å²) in [6.45, 7) is 0. The van der Waals surface area contributed by atoms with E-state index in [1.54, 1.807) is 7.05 Å². The Kier molecular flexibility index (Phi) is 2.78. The minimum atomic E-state index is -0.668. The molecule has 2 rings (SSSR count). The van der Waals surface area contributed by atoms with Crippen molar-refractivity contribution < 1.29 is 4.79 Å². The Morgan fingerprint density at radius 1 is 1.38 bits per heavy atom. The quantitative estimate of drug-likeness (QED) is 0.766. The third-order valence-electron chi connectivity index (χ3n) is 2.41. The Labute approximate surface area is 92.9 Å². The lowest BCUT2D eigenvalue weighted by atomic mass is 10.0. The summed E-state index contributed by atoms with van der Waals surface area (Å²) in [5.41, 5.74) is 7.08. The van der Waals surface area contributed by atoms with E-state index >= 15 is 0 Å². The van der Waals surface area contributed by atoms with Crippen LogP contribution in [-0.4, -0.2) is 20.8 Å². The number of ketones is 1. The van der Waals surface area contributed by atoms with Gasteiger partial charge in [0.1, 0.15) is 5.69 Å². The van der Waals surface area contributed by atoms with E-state index < -0.39 is 6.04 Å². The molecule has 1 heterocycles. The molecular weight excluding hydrogens is 204 g/mol. The Hall–Kier alpha value is -2.01. The Morgan fingerprint density at radius 3 is 2.62 bits per heavy atom. The normalized spacial score (nSPS) is 12.4. The molecule has 1 atom stereocenters. The van der Waals surface area contributed by atoms with Gasteiger partial charge >= 0.3 is 0 Å². The third kappa shape index (κ3) is 1.85. The number of Topliss-reactive ketones (excluding diaryl/α,β-unsaturated/α-hetero) is 1. The molecular formula is C11H12N4O. The van der Waals surface area contributed by atoms with E-state index in [1.165, 1.54) is 10.9 Å². The number of nitrogens with two attached hydrogens (primary N) is 1. The zero-order valence-corrected chi connectivity index (χ0v) is 8.87. The number of hydrogen-bond donors (Lipinski definition) is 1. The van der Waals surface area contributed by atoms with Gasteiger partial charge in [0, 0.05) is 7.05 Å². The number of carbonyl (C=O) groups is 1. The summed E-state index contributed by atoms with van der Waals surface area (Å²) in [7, 11) is 1.66. The van der Waals surface area contributed by atoms with E-state index in [4.69, 9.17) is 5.73 Å². The van der Waals surface area contributed by atoms with Gasteiger partial charge in [0.2, 0.25) is 5.78 Å². The molecule has 0 aliphatic carbocycles. The number of aromatic nitrogens is 3. The monoisotopic (exact) mass is 216 g/mol. The zero-order valence-electron chi connectivity index (χ0n) is 8.87. The highest BCUT2D eigenvalue weighted by molar-refractivity contribution is 5.98. The molecule has 0 amide bonds. The van der Waals surface area contributed by atoms with Crippen molar-refractivity contribution in [2.75, 3.05) is 0 Å². The fraction of sp³-hybridized carbons (Fsp3) is 0.182. The maximum Gasteiger partial charge on any atom is 0.203 e. The fourth-order valence-electron chi connectivity index (χ4n) is 1.48. The maximum absolute atomic E-state index is 12.0. The standard InChI is InChI=1S/C11H12N4O/c1-15-9(7-13-14-15)11(16)10(12)8-5-3-2-4-6-8/h2-7,10H,12H2,1H3/t10-/m1/s1. The Bertz CT molecular complexity index is 492. The predicted molar refractivity (Wildman–Crippen MR) is 58.7 cm³/mol. The van der Waals surface area contributed by atoms with Crippen LogP contribution < -0.4 is 5.73 Å². The summed E-state index contributed by atoms with van der Waals surface area (Å²) in [5.74, 6) is -0.182. The molecule has 0 saturated heterocycles. The molecule has 1 aromatic heterocycles. The molecule has 0 saturated carbocycles. The van der Waals surface area contributed by atoms with Crippen molar-refractivity contribution in [3.05, 3.63) is 47.8 Å². The van der Waals surface area contributed by atoms with Crippen LogP contribution in [0.1, 0.15) is 22.1 Å². The molecule has 0 aliphatic rings. The van der Waals surface area contributed by atoms with E-state index in [1.807, 2.05) is 30.3 Å². The minimum absolute atomic E-state index is 0.182. The van der Waals surface area contributed by atoms with E-state index in [0.29, 0.717) is 5.69 Å². The lowest BCUT2D eigenvalue weighted by Crippen LogP contribution is -2.23. The summed E-state index contributed by atoms with van der Waals surface area (Å²) in [5, 5.41) is 7.36. The number of hydrogen-bond acceptors (Lipinski definition) is 4. The molecule has 0 unspecified atom stereocenters. The number of aryl methyl sites for hydroxylation is 1. The SMILES string of the molecule is Cn1nncc1C(=O)[C@H](N)c1ccccc1. The van der Waals surface area contributed by atoms with Crippen LogP contribution in [-0.2, 0) is 7.05 Å². The minimum Gasteiger partial charge on any atom is -0.317 e. The first-order valence-corrected chi connectivity index (χ1v) is 4.89. The third-order valence-corrected chi connectivity index (χ3v) is 2.41. The Morgan fingerprint density at radius 2 is 2.06 bits per heavy atom. The number of rotatable bonds is 3. The summed E-state index contributed by atoms with van der Waals surface area (Å²) in [4.78, 5) is 12.0. The van der Waals surface area contributed by atoms with Crippen molar-refractivity contribution >= 4 is 5.78 Å². The van der Waals surface area contributed by atoms with Gasteiger partial charge in [-0.2, -0.15) is 0 Å². The smallest absolute Gasteiger partial charge is 0.203 e. The van der Waals surface area contributed by atoms with E-state index in [9.17, 15) is 4.79 Å². The second kappa shape index (κ2) is 4.24. The second-order valence-electron chi connectivity index (χ2n) is 3.50. The summed E-state index contributed by atoms with van der Waals surface area (Å²) < 4.78 is 1.42. The molecule has 5 nitrogen and oxygen atoms in total. The summed E-state index contributed by atoms with van der Waals surface area (Å²) in [6, 6.07) is 8.57. The van der Waals surface area contributed by atoms with Crippen LogP contribution in [0.15, 0.2) is 36.5 Å². The molecule has 2 aromatic rings. The number of nitrogens with zero attached hydrogens (tertiary/aromatic N) is 3. The lowest BCUT2D eigenvalue weighted by Gasteiger charge is -2.09. The highest BCUT2D eigenvalue weighted by Crippen LogP contribution is 2.14. The van der Waals surface area contributed by atoms with E-state index in [-0.39, 0.29) is 5.78 Å². The van der Waals surface area contributed by atoms with Gasteiger partial charge in [0.15, 0.2) is 0 Å². The van der Waals surface area contributed by atoms with Crippen LogP contribution in [0.3, 0.4) is 0 Å². The van der Waals surface area contributed by atoms with E-state index in [0.717, 1.165) is 5.56 Å². The molecule has 0 spiro atoms. The van der Waals surface area contributed by atoms with Crippen LogP contribution in [0.2, 0.25) is 0 Å². The van der Waals surface area contributed by atoms with Crippen LogP contribution in [0.25, 0.3) is 0 Å². The highest BCUT2D eigenvalue weighted by Gasteiger charge is 2.20. The van der Waals surface area contributed by atoms with Crippen LogP contribution in [0.4, 0.5) is 0 Å². The largest absolute Gasteiger partial charge is 0.317 e. The van der Waals surface area contributed by atoms with Crippen molar-refractivity contribution in [3.8, 4) is 0 Å². The predicted octanol–water partition coefficient (Wildman–Crippen LogP) is 0.698. The first-order chi connectivity index (χ1) is 7.70. The molecule has 1 aromatic carbocycles. The molecule has 16 heavy (non-hydrogen) atoms. The van der Waals surface area contributed by atoms with Gasteiger partial charge in [0.25, 0.3) is 0 Å². The summed E-state index contributed by atoms with van der Waals surface area (Å²) in [6.07, 6.45) is 1.42. The zero-order chi connectivity index (χ0) is 11.5. The molecule has 0 fully saturated rings. The van der Waals surface area contributed by atoms with Crippen molar-refractivity contribution in [3.63, 3.8) is 0 Å². The second-order valence-corrected chi connectivity index (χ2v) is 3.50. The number of benzene rings is 1. The van der Waals surface area contributed by atoms with Crippen molar-refractivity contribution in [2.24, 2.45) is 12.8 Å². The maximum atomic E-state index is 12.0. The molecule has 5 heteroatoms. The first-order valence-electron chi connectivity index (χ1n) is 4.89. The molecule has 2 N–H and O–H groups in total. The average molecular weight is 216 g/mol. The number of carbonyl (C=O) groups excluding carboxylic acids is 1. The van der Waals surface area contributed by atoms with E-state index in [2.05, 4.69) is 10.3 Å². The Balaban J connectivity index is 2.27. The van der Waals surface area contributed by atoms with Crippen LogP contribution >= 0.6 is 0 Å². The topological polar surface area (TPSA) is 73.8 Å². The van der Waals surface area contributed by atoms with Crippen LogP contribution in [0, 0.1) is 0 Å². The van der Waals surface area contributed by atoms with Gasteiger partial charge in [-0.05, 0) is 5.56 Å². The van der Waals surface area contributed by atoms with Gasteiger partial charge in [-0.1, -0.05) is 35.5 Å². The molecule has 0 aliphatic heterocycles. The average Bonchev–Trinajstić information content (AvgIpc) is 2.75. The van der Waals surface area contributed by atoms with Gasteiger partial charge in [0.05, 0.1) is 12.2 Å². The fourth-order valence-corrected chi connectivity index (χ4v) is 1.48. The van der Waals surface area contributed by atoms with Crippen LogP contribution in [0.5, 0.6) is 0 Å². The van der Waals surface area contributed by atoms with Gasteiger partial charge in [-0.15, -0.1) is 5.10 Å². The lowest BCUT2D eigenvalue weighted by molar-refractivity contribution is 0.0952. The van der Waals surface area contributed by atoms with Gasteiger partial charge in [-0.3, -0.25) is 4.79 Å². The molecule has 0 radical (unpaired) electrons. The summed E-state index contributed by atoms with van der Waals surface area (Å²) >= 11 is 0. The van der Waals surface area contributed by atoms with Gasteiger partial charge in [-0.25, -0.2) is 4.68 Å². The highest BCUT2D eigenvalue weighted by atomic mass is 16.1. The van der Waals surface area contributed by atoms with Crippen molar-refractivity contribution in [1.29, 1.82) is 0 Å². The van der Waals surface area contributed by atoms with Gasteiger partial charge < -0.3 is 5.73 Å².